The summed E-state index contributed by atoms with van der Waals surface area (Å²) >= 11 is 0. The van der Waals surface area contributed by atoms with Crippen LogP contribution in [0.25, 0.3) is 10.9 Å². The maximum absolute atomic E-state index is 13.6. The van der Waals surface area contributed by atoms with Crippen molar-refractivity contribution in [1.82, 2.24) is 20.2 Å². The highest BCUT2D eigenvalue weighted by molar-refractivity contribution is 6.00. The molecule has 2 aromatic carbocycles. The Bertz CT molecular complexity index is 1430. The number of hydrogen-bond acceptors (Lipinski definition) is 7. The summed E-state index contributed by atoms with van der Waals surface area (Å²) in [6.45, 7) is 6.72. The van der Waals surface area contributed by atoms with Crippen molar-refractivity contribution in [3.63, 3.8) is 0 Å². The summed E-state index contributed by atoms with van der Waals surface area (Å²) in [5.74, 6) is -0.890. The van der Waals surface area contributed by atoms with E-state index >= 15 is 0 Å². The first-order valence-electron chi connectivity index (χ1n) is 12.3. The van der Waals surface area contributed by atoms with Crippen LogP contribution in [0.4, 0.5) is 5.69 Å². The third kappa shape index (κ3) is 4.11. The second kappa shape index (κ2) is 8.76. The number of anilines is 1. The van der Waals surface area contributed by atoms with Crippen LogP contribution in [0, 0.1) is 5.92 Å². The standard InChI is InChI=1S/C27H31N5O5/c1-15(2)20-23(35)31(16-10-6-5-7-11-16)24(29-20)26(3,36)14-19-21(33)30-27(4,37)25-28-18-13-9-8-12-17(18)22(34)32(19)25/h5-13,15,19-20,24,29,36-37H,14H2,1-4H3,(H,30,33). The topological polar surface area (TPSA) is 137 Å². The Labute approximate surface area is 213 Å². The van der Waals surface area contributed by atoms with E-state index in [1.54, 1.807) is 48.5 Å². The van der Waals surface area contributed by atoms with Crippen LogP contribution in [0.5, 0.6) is 0 Å². The van der Waals surface area contributed by atoms with E-state index in [0.29, 0.717) is 16.6 Å². The van der Waals surface area contributed by atoms with Crippen LogP contribution in [0.3, 0.4) is 0 Å². The Hall–Kier alpha value is -3.60. The Kier molecular flexibility index (Phi) is 5.93. The SMILES string of the molecule is CC(C)C1NC(C(C)(O)CC2C(=O)NC(C)(O)c3nc4ccccc4c(=O)n32)N(c2ccccc2)C1=O. The summed E-state index contributed by atoms with van der Waals surface area (Å²) in [5, 5.41) is 28.9. The van der Waals surface area contributed by atoms with Crippen LogP contribution >= 0.6 is 0 Å². The number of aromatic nitrogens is 2. The highest BCUT2D eigenvalue weighted by Crippen LogP contribution is 2.36. The Balaban J connectivity index is 1.60. The van der Waals surface area contributed by atoms with Crippen LogP contribution in [0.15, 0.2) is 59.4 Å². The van der Waals surface area contributed by atoms with Crippen LogP contribution in [0.1, 0.15) is 46.0 Å². The fraction of sp³-hybridized carbons (Fsp3) is 0.407. The molecular formula is C27H31N5O5. The minimum atomic E-state index is -1.89. The minimum Gasteiger partial charge on any atom is -0.386 e. The first-order valence-corrected chi connectivity index (χ1v) is 12.3. The lowest BCUT2D eigenvalue weighted by Crippen LogP contribution is -2.60. The fourth-order valence-corrected chi connectivity index (χ4v) is 5.36. The van der Waals surface area contributed by atoms with E-state index in [1.807, 2.05) is 19.9 Å². The number of carbonyl (C=O) groups excluding carboxylic acids is 2. The number of fused-ring (bicyclic) bond motifs is 2. The van der Waals surface area contributed by atoms with Crippen molar-refractivity contribution in [3.05, 3.63) is 70.8 Å². The Morgan fingerprint density at radius 2 is 1.73 bits per heavy atom. The number of aliphatic hydroxyl groups is 2. The first-order chi connectivity index (χ1) is 17.4. The molecule has 2 aliphatic rings. The average molecular weight is 506 g/mol. The van der Waals surface area contributed by atoms with Crippen molar-refractivity contribution in [2.75, 3.05) is 4.90 Å². The van der Waals surface area contributed by atoms with Crippen LogP contribution < -0.4 is 21.1 Å². The smallest absolute Gasteiger partial charge is 0.262 e. The molecule has 4 N–H and O–H groups in total. The van der Waals surface area contributed by atoms with E-state index in [9.17, 15) is 24.6 Å². The summed E-state index contributed by atoms with van der Waals surface area (Å²) in [4.78, 5) is 46.3. The van der Waals surface area contributed by atoms with Gasteiger partial charge in [0.25, 0.3) is 5.56 Å². The molecule has 10 heteroatoms. The maximum Gasteiger partial charge on any atom is 0.262 e. The van der Waals surface area contributed by atoms with Crippen molar-refractivity contribution >= 4 is 28.4 Å². The zero-order valence-electron chi connectivity index (χ0n) is 21.2. The number of hydrogen-bond donors (Lipinski definition) is 4. The second-order valence-corrected chi connectivity index (χ2v) is 10.6. The predicted octanol–water partition coefficient (Wildman–Crippen LogP) is 1.36. The number of carbonyl (C=O) groups is 2. The van der Waals surface area contributed by atoms with E-state index in [4.69, 9.17) is 0 Å². The molecule has 5 rings (SSSR count). The zero-order valence-corrected chi connectivity index (χ0v) is 21.2. The van der Waals surface area contributed by atoms with Crippen LogP contribution in [-0.2, 0) is 15.3 Å². The largest absolute Gasteiger partial charge is 0.386 e. The Morgan fingerprint density at radius 3 is 2.41 bits per heavy atom. The third-order valence-corrected chi connectivity index (χ3v) is 7.22. The summed E-state index contributed by atoms with van der Waals surface area (Å²) in [6.07, 6.45) is -1.10. The number of rotatable bonds is 5. The third-order valence-electron chi connectivity index (χ3n) is 7.22. The molecule has 3 heterocycles. The van der Waals surface area contributed by atoms with Gasteiger partial charge in [-0.3, -0.25) is 29.2 Å². The van der Waals surface area contributed by atoms with Gasteiger partial charge in [0.15, 0.2) is 11.5 Å². The van der Waals surface area contributed by atoms with Gasteiger partial charge in [0.2, 0.25) is 11.8 Å². The molecule has 194 valence electrons. The average Bonchev–Trinajstić information content (AvgIpc) is 3.20. The molecule has 5 unspecified atom stereocenters. The van der Waals surface area contributed by atoms with E-state index < -0.39 is 41.0 Å². The lowest BCUT2D eigenvalue weighted by atomic mass is 9.90. The van der Waals surface area contributed by atoms with Gasteiger partial charge in [-0.05, 0) is 44.0 Å². The molecule has 0 spiro atoms. The molecule has 1 aromatic heterocycles. The Morgan fingerprint density at radius 1 is 1.08 bits per heavy atom. The molecule has 5 atom stereocenters. The summed E-state index contributed by atoms with van der Waals surface area (Å²) in [6, 6.07) is 14.0. The molecule has 2 aliphatic heterocycles. The van der Waals surface area contributed by atoms with Crippen molar-refractivity contribution in [3.8, 4) is 0 Å². The van der Waals surface area contributed by atoms with Gasteiger partial charge >= 0.3 is 0 Å². The quantitative estimate of drug-likeness (QED) is 0.411. The van der Waals surface area contributed by atoms with Gasteiger partial charge in [-0.25, -0.2) is 4.98 Å². The number of nitrogens with zero attached hydrogens (tertiary/aromatic N) is 3. The molecule has 0 aliphatic carbocycles. The van der Waals surface area contributed by atoms with Gasteiger partial charge in [0, 0.05) is 12.1 Å². The van der Waals surface area contributed by atoms with Crippen molar-refractivity contribution in [2.45, 2.75) is 63.7 Å². The van der Waals surface area contributed by atoms with Crippen molar-refractivity contribution < 1.29 is 19.8 Å². The monoisotopic (exact) mass is 505 g/mol. The van der Waals surface area contributed by atoms with Gasteiger partial charge in [-0.15, -0.1) is 0 Å². The molecule has 3 aromatic rings. The number of nitrogens with one attached hydrogen (secondary N) is 2. The zero-order chi connectivity index (χ0) is 26.7. The lowest BCUT2D eigenvalue weighted by Gasteiger charge is -2.41. The molecule has 0 bridgehead atoms. The van der Waals surface area contributed by atoms with Gasteiger partial charge in [0.05, 0.1) is 22.5 Å². The second-order valence-electron chi connectivity index (χ2n) is 10.6. The molecule has 10 nitrogen and oxygen atoms in total. The van der Waals surface area contributed by atoms with Crippen LogP contribution in [0.2, 0.25) is 0 Å². The summed E-state index contributed by atoms with van der Waals surface area (Å²) < 4.78 is 1.17. The number of para-hydroxylation sites is 2. The number of amides is 2. The van der Waals surface area contributed by atoms with E-state index in [0.717, 1.165) is 0 Å². The fourth-order valence-electron chi connectivity index (χ4n) is 5.36. The molecule has 0 saturated carbocycles. The van der Waals surface area contributed by atoms with Gasteiger partial charge in [0.1, 0.15) is 12.2 Å². The molecule has 1 fully saturated rings. The van der Waals surface area contributed by atoms with E-state index in [1.165, 1.54) is 23.3 Å². The maximum atomic E-state index is 13.6. The van der Waals surface area contributed by atoms with Gasteiger partial charge in [-0.2, -0.15) is 0 Å². The minimum absolute atomic E-state index is 0.0213. The van der Waals surface area contributed by atoms with E-state index in [2.05, 4.69) is 15.6 Å². The van der Waals surface area contributed by atoms with Crippen molar-refractivity contribution in [1.29, 1.82) is 0 Å². The van der Waals surface area contributed by atoms with Gasteiger partial charge < -0.3 is 15.5 Å². The molecule has 2 amide bonds. The predicted molar refractivity (Wildman–Crippen MR) is 137 cm³/mol. The molecular weight excluding hydrogens is 474 g/mol. The first kappa shape index (κ1) is 25.1. The molecule has 1 saturated heterocycles. The molecule has 37 heavy (non-hydrogen) atoms. The van der Waals surface area contributed by atoms with Crippen molar-refractivity contribution in [2.24, 2.45) is 5.92 Å². The highest BCUT2D eigenvalue weighted by atomic mass is 16.3. The van der Waals surface area contributed by atoms with Crippen LogP contribution in [-0.4, -0.2) is 49.4 Å². The lowest BCUT2D eigenvalue weighted by molar-refractivity contribution is -0.139. The highest BCUT2D eigenvalue weighted by Gasteiger charge is 2.52. The normalized spacial score (nSPS) is 27.3. The molecule has 0 radical (unpaired) electrons. The van der Waals surface area contributed by atoms with Gasteiger partial charge in [-0.1, -0.05) is 44.2 Å². The number of benzene rings is 2. The summed E-state index contributed by atoms with van der Waals surface area (Å²) in [7, 11) is 0. The van der Waals surface area contributed by atoms with E-state index in [-0.39, 0.29) is 24.1 Å². The summed E-state index contributed by atoms with van der Waals surface area (Å²) in [5.41, 5.74) is -3.05.